The van der Waals surface area contributed by atoms with E-state index in [1.807, 2.05) is 6.92 Å². The molecule has 2 N–H and O–H groups in total. The molecule has 9 heteroatoms. The molecule has 1 saturated heterocycles. The maximum absolute atomic E-state index is 12.1. The number of halogens is 3. The summed E-state index contributed by atoms with van der Waals surface area (Å²) in [5, 5.41) is 5.41. The maximum Gasteiger partial charge on any atom is 0.422 e. The topological polar surface area (TPSA) is 72.5 Å². The van der Waals surface area contributed by atoms with E-state index in [0.717, 1.165) is 0 Å². The molecular weight excluding hydrogens is 315 g/mol. The zero-order valence-corrected chi connectivity index (χ0v) is 12.6. The molecule has 0 aliphatic carbocycles. The molecule has 1 aliphatic rings. The number of aromatic nitrogens is 1. The van der Waals surface area contributed by atoms with Crippen molar-refractivity contribution < 1.29 is 27.4 Å². The minimum Gasteiger partial charge on any atom is -0.468 e. The molecule has 1 aromatic heterocycles. The lowest BCUT2D eigenvalue weighted by Gasteiger charge is -2.34. The summed E-state index contributed by atoms with van der Waals surface area (Å²) in [6.07, 6.45) is -1.80. The number of carbonyl (C=O) groups excluding carboxylic acids is 1. The van der Waals surface area contributed by atoms with Gasteiger partial charge in [0, 0.05) is 36.7 Å². The number of nitrogens with zero attached hydrogens (tertiary/aromatic N) is 1. The molecule has 0 bridgehead atoms. The molecule has 0 radical (unpaired) electrons. The van der Waals surface area contributed by atoms with Crippen LogP contribution in [-0.4, -0.2) is 42.6 Å². The Morgan fingerprint density at radius 1 is 1.43 bits per heavy atom. The predicted molar refractivity (Wildman–Crippen MR) is 76.4 cm³/mol. The fourth-order valence-corrected chi connectivity index (χ4v) is 2.11. The van der Waals surface area contributed by atoms with Gasteiger partial charge in [0.05, 0.1) is 0 Å². The Bertz CT molecular complexity index is 546. The molecule has 0 unspecified atom stereocenters. The molecule has 2 heterocycles. The maximum atomic E-state index is 12.1. The van der Waals surface area contributed by atoms with E-state index in [1.54, 1.807) is 0 Å². The Morgan fingerprint density at radius 3 is 2.78 bits per heavy atom. The smallest absolute Gasteiger partial charge is 0.422 e. The van der Waals surface area contributed by atoms with E-state index in [4.69, 9.17) is 4.74 Å². The first-order chi connectivity index (χ1) is 10.8. The van der Waals surface area contributed by atoms with Gasteiger partial charge in [-0.1, -0.05) is 0 Å². The number of rotatable bonds is 4. The predicted octanol–water partition coefficient (Wildman–Crippen LogP) is 2.71. The fourth-order valence-electron chi connectivity index (χ4n) is 2.11. The van der Waals surface area contributed by atoms with E-state index in [2.05, 4.69) is 20.4 Å². The third-order valence-electron chi connectivity index (χ3n) is 3.39. The second-order valence-corrected chi connectivity index (χ2v) is 5.54. The summed E-state index contributed by atoms with van der Waals surface area (Å²) < 4.78 is 46.1. The summed E-state index contributed by atoms with van der Waals surface area (Å²) in [6, 6.07) is 2.26. The summed E-state index contributed by atoms with van der Waals surface area (Å²) in [6.45, 7) is 1.62. The first-order valence-electron chi connectivity index (χ1n) is 7.08. The van der Waals surface area contributed by atoms with Crippen LogP contribution in [0.1, 0.15) is 19.8 Å². The van der Waals surface area contributed by atoms with Crippen molar-refractivity contribution in [2.45, 2.75) is 31.5 Å². The molecule has 128 valence electrons. The molecule has 2 rings (SSSR count). The lowest BCUT2D eigenvalue weighted by molar-refractivity contribution is -0.154. The third-order valence-corrected chi connectivity index (χ3v) is 3.39. The molecule has 23 heavy (non-hydrogen) atoms. The van der Waals surface area contributed by atoms with Crippen LogP contribution in [0.5, 0.6) is 5.88 Å². The molecule has 1 fully saturated rings. The van der Waals surface area contributed by atoms with Crippen LogP contribution in [0.25, 0.3) is 0 Å². The summed E-state index contributed by atoms with van der Waals surface area (Å²) >= 11 is 0. The van der Waals surface area contributed by atoms with Gasteiger partial charge in [-0.15, -0.1) is 0 Å². The van der Waals surface area contributed by atoms with Crippen molar-refractivity contribution in [2.24, 2.45) is 0 Å². The monoisotopic (exact) mass is 333 g/mol. The Labute approximate surface area is 131 Å². The van der Waals surface area contributed by atoms with Crippen LogP contribution in [0.4, 0.5) is 23.7 Å². The molecule has 2 amide bonds. The van der Waals surface area contributed by atoms with Gasteiger partial charge >= 0.3 is 12.2 Å². The molecule has 1 aromatic rings. The van der Waals surface area contributed by atoms with Crippen molar-refractivity contribution in [1.29, 1.82) is 0 Å². The van der Waals surface area contributed by atoms with Gasteiger partial charge < -0.3 is 20.1 Å². The first-order valence-corrected chi connectivity index (χ1v) is 7.08. The summed E-state index contributed by atoms with van der Waals surface area (Å²) in [5.74, 6) is -0.211. The third kappa shape index (κ3) is 5.93. The van der Waals surface area contributed by atoms with Crippen LogP contribution in [0.3, 0.4) is 0 Å². The minimum absolute atomic E-state index is 0.211. The van der Waals surface area contributed by atoms with Gasteiger partial charge in [0.1, 0.15) is 0 Å². The first kappa shape index (κ1) is 17.3. The number of nitrogens with one attached hydrogen (secondary N) is 2. The van der Waals surface area contributed by atoms with Crippen molar-refractivity contribution in [1.82, 2.24) is 10.3 Å². The Hall–Kier alpha value is -2.03. The van der Waals surface area contributed by atoms with Gasteiger partial charge in [0.15, 0.2) is 6.61 Å². The summed E-state index contributed by atoms with van der Waals surface area (Å²) in [5.41, 5.74) is -0.0735. The highest BCUT2D eigenvalue weighted by Crippen LogP contribution is 2.21. The van der Waals surface area contributed by atoms with Crippen molar-refractivity contribution in [3.8, 4) is 5.88 Å². The van der Waals surface area contributed by atoms with Gasteiger partial charge in [0.25, 0.3) is 0 Å². The Morgan fingerprint density at radius 2 is 2.13 bits per heavy atom. The zero-order valence-electron chi connectivity index (χ0n) is 12.6. The Balaban J connectivity index is 1.90. The van der Waals surface area contributed by atoms with Gasteiger partial charge in [0.2, 0.25) is 5.88 Å². The fraction of sp³-hybridized carbons (Fsp3) is 0.571. The van der Waals surface area contributed by atoms with E-state index >= 15 is 0 Å². The molecule has 6 nitrogen and oxygen atoms in total. The second kappa shape index (κ2) is 7.03. The van der Waals surface area contributed by atoms with E-state index in [0.29, 0.717) is 31.7 Å². The lowest BCUT2D eigenvalue weighted by Crippen LogP contribution is -2.51. The van der Waals surface area contributed by atoms with E-state index < -0.39 is 18.8 Å². The number of anilines is 1. The van der Waals surface area contributed by atoms with Gasteiger partial charge in [-0.3, -0.25) is 0 Å². The summed E-state index contributed by atoms with van der Waals surface area (Å²) in [4.78, 5) is 15.7. The molecule has 1 aliphatic heterocycles. The van der Waals surface area contributed by atoms with Crippen LogP contribution in [0.2, 0.25) is 0 Å². The highest BCUT2D eigenvalue weighted by atomic mass is 19.4. The van der Waals surface area contributed by atoms with Gasteiger partial charge in [-0.25, -0.2) is 9.78 Å². The molecule has 0 aromatic carbocycles. The van der Waals surface area contributed by atoms with Crippen LogP contribution in [-0.2, 0) is 4.74 Å². The van der Waals surface area contributed by atoms with Crippen molar-refractivity contribution >= 4 is 11.7 Å². The Kier molecular flexibility index (Phi) is 5.30. The number of carbonyl (C=O) groups is 1. The van der Waals surface area contributed by atoms with E-state index in [1.165, 1.54) is 18.3 Å². The number of hydrogen-bond donors (Lipinski definition) is 2. The van der Waals surface area contributed by atoms with Crippen molar-refractivity contribution in [3.63, 3.8) is 0 Å². The lowest BCUT2D eigenvalue weighted by atomic mass is 9.93. The van der Waals surface area contributed by atoms with Gasteiger partial charge in [-0.05, 0) is 25.8 Å². The number of pyridine rings is 1. The quantitative estimate of drug-likeness (QED) is 0.889. The summed E-state index contributed by atoms with van der Waals surface area (Å²) in [7, 11) is 0. The van der Waals surface area contributed by atoms with E-state index in [-0.39, 0.29) is 11.4 Å². The minimum atomic E-state index is -4.44. The van der Waals surface area contributed by atoms with Crippen LogP contribution in [0, 0.1) is 0 Å². The zero-order chi connectivity index (χ0) is 16.9. The molecule has 0 spiro atoms. The SMILES string of the molecule is CC1(NC(=O)Nc2ccnc(OCC(F)(F)F)c2)CCOCC1. The highest BCUT2D eigenvalue weighted by Gasteiger charge is 2.30. The average molecular weight is 333 g/mol. The number of alkyl halides is 3. The van der Waals surface area contributed by atoms with Crippen LogP contribution < -0.4 is 15.4 Å². The number of hydrogen-bond acceptors (Lipinski definition) is 4. The average Bonchev–Trinajstić information content (AvgIpc) is 2.45. The number of ether oxygens (including phenoxy) is 2. The highest BCUT2D eigenvalue weighted by molar-refractivity contribution is 5.89. The molecule has 0 atom stereocenters. The largest absolute Gasteiger partial charge is 0.468 e. The number of urea groups is 1. The van der Waals surface area contributed by atoms with Crippen molar-refractivity contribution in [2.75, 3.05) is 25.1 Å². The normalized spacial score (nSPS) is 17.4. The number of amides is 2. The second-order valence-electron chi connectivity index (χ2n) is 5.54. The van der Waals surface area contributed by atoms with Crippen LogP contribution in [0.15, 0.2) is 18.3 Å². The molecule has 0 saturated carbocycles. The van der Waals surface area contributed by atoms with E-state index in [9.17, 15) is 18.0 Å². The van der Waals surface area contributed by atoms with Gasteiger partial charge in [-0.2, -0.15) is 13.2 Å². The standard InChI is InChI=1S/C14H18F3N3O3/c1-13(3-6-22-7-4-13)20-12(21)19-10-2-5-18-11(8-10)23-9-14(15,16)17/h2,5,8H,3-4,6-7,9H2,1H3,(H2,18,19,20,21). The molecular formula is C14H18F3N3O3. The van der Waals surface area contributed by atoms with Crippen molar-refractivity contribution in [3.05, 3.63) is 18.3 Å². The van der Waals surface area contributed by atoms with Crippen LogP contribution >= 0.6 is 0 Å².